The van der Waals surface area contributed by atoms with Gasteiger partial charge in [-0.3, -0.25) is 9.69 Å². The average molecular weight is 248 g/mol. The Bertz CT molecular complexity index is 499. The standard InChI is InChI=1S/C13H16N2O3/c1-8(12(14)16)15-5-4-9-2-3-10(13(17)18)6-11(9)7-15/h2-3,6,8H,4-5,7H2,1H3,(H2,14,16)(H,17,18). The second kappa shape index (κ2) is 4.78. The predicted molar refractivity (Wildman–Crippen MR) is 66.2 cm³/mol. The molecule has 0 aliphatic carbocycles. The number of carboxylic acids is 1. The van der Waals surface area contributed by atoms with Crippen molar-refractivity contribution in [1.82, 2.24) is 4.90 Å². The van der Waals surface area contributed by atoms with E-state index in [1.807, 2.05) is 11.0 Å². The van der Waals surface area contributed by atoms with Gasteiger partial charge in [0, 0.05) is 13.1 Å². The summed E-state index contributed by atoms with van der Waals surface area (Å²) in [5.74, 6) is -1.29. The molecule has 5 heteroatoms. The fourth-order valence-corrected chi connectivity index (χ4v) is 2.22. The van der Waals surface area contributed by atoms with Crippen molar-refractivity contribution in [2.75, 3.05) is 6.54 Å². The molecule has 0 fully saturated rings. The van der Waals surface area contributed by atoms with E-state index in [4.69, 9.17) is 10.8 Å². The van der Waals surface area contributed by atoms with E-state index in [0.29, 0.717) is 6.54 Å². The van der Waals surface area contributed by atoms with Gasteiger partial charge in [-0.2, -0.15) is 0 Å². The molecule has 2 rings (SSSR count). The normalized spacial score (nSPS) is 16.9. The molecule has 0 saturated carbocycles. The Morgan fingerprint density at radius 2 is 2.11 bits per heavy atom. The van der Waals surface area contributed by atoms with Gasteiger partial charge in [-0.25, -0.2) is 4.79 Å². The SMILES string of the molecule is CC(C(N)=O)N1CCc2ccc(C(=O)O)cc2C1. The van der Waals surface area contributed by atoms with E-state index < -0.39 is 5.97 Å². The number of carbonyl (C=O) groups excluding carboxylic acids is 1. The molecule has 1 aromatic carbocycles. The summed E-state index contributed by atoms with van der Waals surface area (Å²) in [5, 5.41) is 8.96. The maximum atomic E-state index is 11.2. The van der Waals surface area contributed by atoms with Crippen molar-refractivity contribution in [2.24, 2.45) is 5.73 Å². The molecule has 1 heterocycles. The summed E-state index contributed by atoms with van der Waals surface area (Å²) in [6.45, 7) is 3.11. The van der Waals surface area contributed by atoms with Crippen LogP contribution < -0.4 is 5.73 Å². The lowest BCUT2D eigenvalue weighted by Gasteiger charge is -2.32. The Hall–Kier alpha value is -1.88. The first-order valence-electron chi connectivity index (χ1n) is 5.87. The number of benzene rings is 1. The maximum absolute atomic E-state index is 11.2. The Kier molecular flexibility index (Phi) is 3.34. The maximum Gasteiger partial charge on any atom is 0.335 e. The summed E-state index contributed by atoms with van der Waals surface area (Å²) in [6.07, 6.45) is 0.812. The van der Waals surface area contributed by atoms with Crippen molar-refractivity contribution in [2.45, 2.75) is 25.9 Å². The number of amides is 1. The van der Waals surface area contributed by atoms with Crippen LogP contribution in [0.2, 0.25) is 0 Å². The highest BCUT2D eigenvalue weighted by atomic mass is 16.4. The van der Waals surface area contributed by atoms with E-state index >= 15 is 0 Å². The lowest BCUT2D eigenvalue weighted by atomic mass is 9.96. The van der Waals surface area contributed by atoms with E-state index in [9.17, 15) is 9.59 Å². The quantitative estimate of drug-likeness (QED) is 0.821. The van der Waals surface area contributed by atoms with Crippen molar-refractivity contribution >= 4 is 11.9 Å². The predicted octanol–water partition coefficient (Wildman–Crippen LogP) is 0.617. The van der Waals surface area contributed by atoms with Gasteiger partial charge in [0.15, 0.2) is 0 Å². The lowest BCUT2D eigenvalue weighted by Crippen LogP contribution is -2.45. The highest BCUT2D eigenvalue weighted by Crippen LogP contribution is 2.21. The molecular weight excluding hydrogens is 232 g/mol. The smallest absolute Gasteiger partial charge is 0.335 e. The minimum atomic E-state index is -0.933. The van der Waals surface area contributed by atoms with Crippen LogP contribution in [0, 0.1) is 0 Å². The van der Waals surface area contributed by atoms with Crippen LogP contribution >= 0.6 is 0 Å². The Labute approximate surface area is 105 Å². The number of nitrogens with two attached hydrogens (primary N) is 1. The first kappa shape index (κ1) is 12.6. The van der Waals surface area contributed by atoms with Crippen molar-refractivity contribution in [1.29, 1.82) is 0 Å². The van der Waals surface area contributed by atoms with Crippen LogP contribution in [0.5, 0.6) is 0 Å². The van der Waals surface area contributed by atoms with Crippen molar-refractivity contribution in [3.05, 3.63) is 34.9 Å². The van der Waals surface area contributed by atoms with Crippen LogP contribution in [0.4, 0.5) is 0 Å². The fourth-order valence-electron chi connectivity index (χ4n) is 2.22. The molecule has 1 aliphatic heterocycles. The zero-order chi connectivity index (χ0) is 13.3. The molecule has 1 aliphatic rings. The second-order valence-electron chi connectivity index (χ2n) is 4.59. The van der Waals surface area contributed by atoms with Crippen LogP contribution in [0.1, 0.15) is 28.4 Å². The van der Waals surface area contributed by atoms with Crippen molar-refractivity contribution in [3.63, 3.8) is 0 Å². The van der Waals surface area contributed by atoms with E-state index in [0.717, 1.165) is 24.1 Å². The Balaban J connectivity index is 2.24. The number of carbonyl (C=O) groups is 2. The zero-order valence-corrected chi connectivity index (χ0v) is 10.2. The van der Waals surface area contributed by atoms with Gasteiger partial charge in [-0.05, 0) is 36.6 Å². The molecule has 0 bridgehead atoms. The van der Waals surface area contributed by atoms with Gasteiger partial charge in [0.25, 0.3) is 0 Å². The molecule has 1 unspecified atom stereocenters. The molecule has 0 aromatic heterocycles. The van der Waals surface area contributed by atoms with Crippen LogP contribution in [-0.4, -0.2) is 34.5 Å². The number of nitrogens with zero attached hydrogens (tertiary/aromatic N) is 1. The summed E-state index contributed by atoms with van der Waals surface area (Å²) < 4.78 is 0. The van der Waals surface area contributed by atoms with Gasteiger partial charge in [-0.15, -0.1) is 0 Å². The number of hydrogen-bond acceptors (Lipinski definition) is 3. The molecule has 1 atom stereocenters. The Morgan fingerprint density at radius 3 is 2.72 bits per heavy atom. The molecule has 96 valence electrons. The molecule has 0 spiro atoms. The lowest BCUT2D eigenvalue weighted by molar-refractivity contribution is -0.123. The molecule has 0 saturated heterocycles. The number of carboxylic acid groups (broad SMARTS) is 1. The van der Waals surface area contributed by atoms with Gasteiger partial charge in [0.1, 0.15) is 0 Å². The summed E-state index contributed by atoms with van der Waals surface area (Å²) in [4.78, 5) is 24.1. The minimum absolute atomic E-state index is 0.280. The monoisotopic (exact) mass is 248 g/mol. The number of fused-ring (bicyclic) bond motifs is 1. The third-order valence-corrected chi connectivity index (χ3v) is 3.45. The fraction of sp³-hybridized carbons (Fsp3) is 0.385. The largest absolute Gasteiger partial charge is 0.478 e. The molecule has 1 aromatic rings. The molecule has 5 nitrogen and oxygen atoms in total. The van der Waals surface area contributed by atoms with Crippen molar-refractivity contribution in [3.8, 4) is 0 Å². The minimum Gasteiger partial charge on any atom is -0.478 e. The average Bonchev–Trinajstić information content (AvgIpc) is 2.36. The van der Waals surface area contributed by atoms with E-state index in [1.54, 1.807) is 19.1 Å². The van der Waals surface area contributed by atoms with Crippen LogP contribution in [0.25, 0.3) is 0 Å². The van der Waals surface area contributed by atoms with Gasteiger partial charge in [-0.1, -0.05) is 6.07 Å². The van der Waals surface area contributed by atoms with Gasteiger partial charge < -0.3 is 10.8 Å². The molecular formula is C13H16N2O3. The van der Waals surface area contributed by atoms with Crippen LogP contribution in [0.3, 0.4) is 0 Å². The number of primary amides is 1. The first-order valence-corrected chi connectivity index (χ1v) is 5.87. The third kappa shape index (κ3) is 2.36. The molecule has 3 N–H and O–H groups in total. The number of rotatable bonds is 3. The summed E-state index contributed by atoms with van der Waals surface area (Å²) in [6, 6.07) is 4.82. The zero-order valence-electron chi connectivity index (χ0n) is 10.2. The van der Waals surface area contributed by atoms with Crippen LogP contribution in [0.15, 0.2) is 18.2 Å². The highest BCUT2D eigenvalue weighted by Gasteiger charge is 2.24. The molecule has 18 heavy (non-hydrogen) atoms. The van der Waals surface area contributed by atoms with E-state index in [2.05, 4.69) is 0 Å². The summed E-state index contributed by atoms with van der Waals surface area (Å²) in [5.41, 5.74) is 7.68. The number of hydrogen-bond donors (Lipinski definition) is 2. The number of aromatic carboxylic acids is 1. The van der Waals surface area contributed by atoms with Crippen molar-refractivity contribution < 1.29 is 14.7 Å². The van der Waals surface area contributed by atoms with Gasteiger partial charge in [0.05, 0.1) is 11.6 Å². The van der Waals surface area contributed by atoms with E-state index in [-0.39, 0.29) is 17.5 Å². The summed E-state index contributed by atoms with van der Waals surface area (Å²) in [7, 11) is 0. The summed E-state index contributed by atoms with van der Waals surface area (Å²) >= 11 is 0. The Morgan fingerprint density at radius 1 is 1.39 bits per heavy atom. The van der Waals surface area contributed by atoms with Crippen LogP contribution in [-0.2, 0) is 17.8 Å². The highest BCUT2D eigenvalue weighted by molar-refractivity contribution is 5.88. The molecule has 1 amide bonds. The topological polar surface area (TPSA) is 83.6 Å². The van der Waals surface area contributed by atoms with Gasteiger partial charge in [0.2, 0.25) is 5.91 Å². The molecule has 0 radical (unpaired) electrons. The van der Waals surface area contributed by atoms with Gasteiger partial charge >= 0.3 is 5.97 Å². The second-order valence-corrected chi connectivity index (χ2v) is 4.59. The first-order chi connectivity index (χ1) is 8.49. The van der Waals surface area contributed by atoms with E-state index in [1.165, 1.54) is 0 Å². The third-order valence-electron chi connectivity index (χ3n) is 3.45.